The molecule has 0 N–H and O–H groups in total. The Morgan fingerprint density at radius 2 is 1.11 bits per heavy atom. The van der Waals surface area contributed by atoms with E-state index in [0.717, 1.165) is 51.6 Å². The Kier molecular flexibility index (Phi) is 8.46. The molecule has 0 unspecified atom stereocenters. The average molecular weight is 433 g/mol. The predicted molar refractivity (Wildman–Crippen MR) is 119 cm³/mol. The van der Waals surface area contributed by atoms with Gasteiger partial charge >= 0.3 is 0 Å². The molecule has 2 saturated heterocycles. The van der Waals surface area contributed by atoms with Crippen LogP contribution in [0, 0.1) is 0 Å². The maximum Gasteiger partial charge on any atom is 0.136 e. The minimum atomic E-state index is -1.08. The summed E-state index contributed by atoms with van der Waals surface area (Å²) in [6, 6.07) is 0.151. The fourth-order valence-corrected chi connectivity index (χ4v) is 7.00. The minimum Gasteiger partial charge on any atom is -0.300 e. The molecule has 0 aromatic rings. The smallest absolute Gasteiger partial charge is 0.136 e. The van der Waals surface area contributed by atoms with E-state index in [1.807, 2.05) is 41.5 Å². The largest absolute Gasteiger partial charge is 0.300 e. The summed E-state index contributed by atoms with van der Waals surface area (Å²) in [5.74, 6) is 0.227. The van der Waals surface area contributed by atoms with Gasteiger partial charge in [0.1, 0.15) is 5.78 Å². The summed E-state index contributed by atoms with van der Waals surface area (Å²) in [6.07, 6.45) is 7.11. The summed E-state index contributed by atoms with van der Waals surface area (Å²) in [4.78, 5) is 13.0. The van der Waals surface area contributed by atoms with Crippen molar-refractivity contribution in [2.24, 2.45) is 0 Å². The van der Waals surface area contributed by atoms with Crippen molar-refractivity contribution in [1.82, 2.24) is 8.61 Å². The number of carbonyl (C=O) groups is 1. The monoisotopic (exact) mass is 432 g/mol. The van der Waals surface area contributed by atoms with Gasteiger partial charge in [0, 0.05) is 38.0 Å². The SMILES string of the molecule is CC(C)(C)[S@](=O)N1CCCC[C@H]1CC(=O)C[C@@H]1CCCCN1[S@@](=O)C(C)(C)C. The number of nitrogens with zero attached hydrogens (tertiary/aromatic N) is 2. The summed E-state index contributed by atoms with van der Waals surface area (Å²) in [5, 5.41) is 0. The normalized spacial score (nSPS) is 28.1. The van der Waals surface area contributed by atoms with Crippen LogP contribution in [0.5, 0.6) is 0 Å². The lowest BCUT2D eigenvalue weighted by Crippen LogP contribution is -2.49. The summed E-state index contributed by atoms with van der Waals surface area (Å²) in [7, 11) is -2.16. The molecule has 0 radical (unpaired) electrons. The highest BCUT2D eigenvalue weighted by Gasteiger charge is 2.37. The Hall–Kier alpha value is -0.110. The molecule has 2 aliphatic rings. The van der Waals surface area contributed by atoms with Crippen molar-refractivity contribution in [3.05, 3.63) is 0 Å². The fourth-order valence-electron chi connectivity index (χ4n) is 4.11. The summed E-state index contributed by atoms with van der Waals surface area (Å²) in [5.41, 5.74) is 0. The van der Waals surface area contributed by atoms with Crippen LogP contribution in [0.4, 0.5) is 0 Å². The molecule has 0 aromatic heterocycles. The van der Waals surface area contributed by atoms with Crippen molar-refractivity contribution in [2.75, 3.05) is 13.1 Å². The molecule has 164 valence electrons. The lowest BCUT2D eigenvalue weighted by molar-refractivity contribution is -0.121. The van der Waals surface area contributed by atoms with Gasteiger partial charge in [-0.25, -0.2) is 17.0 Å². The topological polar surface area (TPSA) is 57.7 Å². The molecule has 0 aliphatic carbocycles. The van der Waals surface area contributed by atoms with Gasteiger partial charge in [-0.1, -0.05) is 12.8 Å². The molecule has 0 spiro atoms. The fraction of sp³-hybridized carbons (Fsp3) is 0.952. The zero-order chi connectivity index (χ0) is 21.1. The second-order valence-electron chi connectivity index (χ2n) is 10.3. The second-order valence-corrected chi connectivity index (χ2v) is 14.6. The Bertz CT molecular complexity index is 545. The molecule has 2 heterocycles. The van der Waals surface area contributed by atoms with E-state index in [1.54, 1.807) is 0 Å². The van der Waals surface area contributed by atoms with Crippen LogP contribution in [-0.4, -0.2) is 57.5 Å². The van der Waals surface area contributed by atoms with E-state index in [0.29, 0.717) is 12.8 Å². The number of hydrogen-bond donors (Lipinski definition) is 0. The third-order valence-corrected chi connectivity index (χ3v) is 9.46. The highest BCUT2D eigenvalue weighted by Crippen LogP contribution is 2.30. The van der Waals surface area contributed by atoms with Gasteiger partial charge in [0.25, 0.3) is 0 Å². The highest BCUT2D eigenvalue weighted by atomic mass is 32.2. The molecule has 5 nitrogen and oxygen atoms in total. The first-order valence-corrected chi connectivity index (χ1v) is 13.0. The van der Waals surface area contributed by atoms with Crippen molar-refractivity contribution >= 4 is 27.8 Å². The Morgan fingerprint density at radius 3 is 1.43 bits per heavy atom. The molecule has 4 atom stereocenters. The summed E-state index contributed by atoms with van der Waals surface area (Å²) in [6.45, 7) is 13.6. The number of ketones is 1. The van der Waals surface area contributed by atoms with Gasteiger partial charge < -0.3 is 0 Å². The number of rotatable bonds is 6. The molecule has 0 aromatic carbocycles. The van der Waals surface area contributed by atoms with Crippen molar-refractivity contribution in [3.63, 3.8) is 0 Å². The van der Waals surface area contributed by atoms with Gasteiger partial charge in [0.15, 0.2) is 0 Å². The van der Waals surface area contributed by atoms with E-state index in [4.69, 9.17) is 0 Å². The van der Waals surface area contributed by atoms with Crippen LogP contribution < -0.4 is 0 Å². The molecule has 7 heteroatoms. The molecule has 2 rings (SSSR count). The summed E-state index contributed by atoms with van der Waals surface area (Å²) < 4.78 is 29.4. The first-order valence-electron chi connectivity index (χ1n) is 10.8. The van der Waals surface area contributed by atoms with Crippen molar-refractivity contribution in [1.29, 1.82) is 0 Å². The Balaban J connectivity index is 2.02. The zero-order valence-corrected chi connectivity index (χ0v) is 20.3. The third-order valence-electron chi connectivity index (χ3n) is 5.55. The van der Waals surface area contributed by atoms with Gasteiger partial charge in [0.05, 0.1) is 31.5 Å². The predicted octanol–water partition coefficient (Wildman–Crippen LogP) is 3.97. The molecule has 2 fully saturated rings. The van der Waals surface area contributed by atoms with E-state index >= 15 is 0 Å². The van der Waals surface area contributed by atoms with Crippen LogP contribution in [0.1, 0.15) is 92.9 Å². The first kappa shape index (κ1) is 24.2. The number of carbonyl (C=O) groups excluding carboxylic acids is 1. The molecule has 0 bridgehead atoms. The van der Waals surface area contributed by atoms with Crippen molar-refractivity contribution < 1.29 is 13.2 Å². The van der Waals surface area contributed by atoms with Crippen LogP contribution in [0.2, 0.25) is 0 Å². The van der Waals surface area contributed by atoms with Crippen LogP contribution in [0.3, 0.4) is 0 Å². The van der Waals surface area contributed by atoms with Crippen LogP contribution >= 0.6 is 0 Å². The van der Waals surface area contributed by atoms with Crippen LogP contribution in [0.15, 0.2) is 0 Å². The van der Waals surface area contributed by atoms with E-state index in [1.165, 1.54) is 0 Å². The van der Waals surface area contributed by atoms with Gasteiger partial charge in [-0.15, -0.1) is 0 Å². The molecular weight excluding hydrogens is 392 g/mol. The van der Waals surface area contributed by atoms with E-state index in [2.05, 4.69) is 8.61 Å². The minimum absolute atomic E-state index is 0.0754. The quantitative estimate of drug-likeness (QED) is 0.638. The lowest BCUT2D eigenvalue weighted by atomic mass is 9.94. The molecular formula is C21H40N2O3S2. The average Bonchev–Trinajstić information content (AvgIpc) is 2.60. The highest BCUT2D eigenvalue weighted by molar-refractivity contribution is 7.84. The van der Waals surface area contributed by atoms with Crippen molar-refractivity contribution in [2.45, 2.75) is 114 Å². The van der Waals surface area contributed by atoms with Gasteiger partial charge in [-0.05, 0) is 67.2 Å². The summed E-state index contributed by atoms with van der Waals surface area (Å²) >= 11 is 0. The molecule has 2 aliphatic heterocycles. The van der Waals surface area contributed by atoms with E-state index in [-0.39, 0.29) is 27.4 Å². The second kappa shape index (κ2) is 9.80. The lowest BCUT2D eigenvalue weighted by Gasteiger charge is -2.39. The van der Waals surface area contributed by atoms with Gasteiger partial charge in [-0.2, -0.15) is 0 Å². The molecule has 0 amide bonds. The Labute approximate surface area is 177 Å². The number of Topliss-reactive ketones (excluding diaryl/α,β-unsaturated/α-hetero) is 1. The first-order chi connectivity index (χ1) is 12.9. The maximum absolute atomic E-state index is 13.0. The Morgan fingerprint density at radius 1 is 0.750 bits per heavy atom. The zero-order valence-electron chi connectivity index (χ0n) is 18.7. The third kappa shape index (κ3) is 6.44. The maximum atomic E-state index is 13.0. The van der Waals surface area contributed by atoms with Crippen LogP contribution in [-0.2, 0) is 26.8 Å². The van der Waals surface area contributed by atoms with E-state index < -0.39 is 22.0 Å². The van der Waals surface area contributed by atoms with E-state index in [9.17, 15) is 13.2 Å². The number of hydrogen-bond acceptors (Lipinski definition) is 3. The van der Waals surface area contributed by atoms with Crippen molar-refractivity contribution in [3.8, 4) is 0 Å². The van der Waals surface area contributed by atoms with Gasteiger partial charge in [-0.3, -0.25) is 4.79 Å². The standard InChI is InChI=1S/C21H40N2O3S2/c1-20(2,3)27(25)22-13-9-7-11-17(22)15-19(24)16-18-12-8-10-14-23(18)28(26)21(4,5)6/h17-18H,7-16H2,1-6H3/t17-,18-,27-,28-/m0/s1. The molecule has 0 saturated carbocycles. The molecule has 28 heavy (non-hydrogen) atoms. The number of piperidine rings is 2. The van der Waals surface area contributed by atoms with Crippen LogP contribution in [0.25, 0.3) is 0 Å². The van der Waals surface area contributed by atoms with Gasteiger partial charge in [0.2, 0.25) is 0 Å².